The van der Waals surface area contributed by atoms with Crippen molar-refractivity contribution in [3.63, 3.8) is 0 Å². The van der Waals surface area contributed by atoms with Crippen LogP contribution >= 0.6 is 0 Å². The van der Waals surface area contributed by atoms with Crippen molar-refractivity contribution in [1.82, 2.24) is 0 Å². The summed E-state index contributed by atoms with van der Waals surface area (Å²) in [5, 5.41) is 7.05. The minimum atomic E-state index is -0.0621. The van der Waals surface area contributed by atoms with Gasteiger partial charge in [0, 0.05) is 35.6 Å². The van der Waals surface area contributed by atoms with Gasteiger partial charge in [-0.1, -0.05) is 90.5 Å². The fraction of sp³-hybridized carbons (Fsp3) is 0.533. The maximum atomic E-state index is 13.8. The van der Waals surface area contributed by atoms with E-state index in [0.717, 1.165) is 37.3 Å². The lowest BCUT2D eigenvalue weighted by molar-refractivity contribution is 0.0980. The molecular weight excluding hydrogens is 420 g/mol. The number of benzene rings is 2. The van der Waals surface area contributed by atoms with Gasteiger partial charge in [0.05, 0.1) is 11.1 Å². The summed E-state index contributed by atoms with van der Waals surface area (Å²) in [5.74, 6) is 1.000. The lowest BCUT2D eigenvalue weighted by atomic mass is 9.82. The van der Waals surface area contributed by atoms with E-state index in [1.165, 1.54) is 38.5 Å². The number of ketones is 2. The molecule has 4 heteroatoms. The summed E-state index contributed by atoms with van der Waals surface area (Å²) in [6.45, 7) is 10.5. The van der Waals surface area contributed by atoms with Crippen LogP contribution in [-0.4, -0.2) is 24.7 Å². The van der Waals surface area contributed by atoms with Crippen LogP contribution in [0.2, 0.25) is 0 Å². The smallest absolute Gasteiger partial charge is 0.198 e. The molecule has 0 radical (unpaired) electrons. The standard InChI is InChI=1S/C30H42N2O2/c1-5-9-13-21(7-3)19-31-25-17-11-15-23-27(25)30(34)28-24(29(23)33)16-12-18-26(28)32-20-22(8-4)14-10-6-2/h11-12,15-18,21-22,31-32H,5-10,13-14,19-20H2,1-4H3. The van der Waals surface area contributed by atoms with Gasteiger partial charge in [-0.2, -0.15) is 0 Å². The van der Waals surface area contributed by atoms with E-state index in [9.17, 15) is 9.59 Å². The molecule has 0 bridgehead atoms. The van der Waals surface area contributed by atoms with Crippen LogP contribution in [0.5, 0.6) is 0 Å². The maximum Gasteiger partial charge on any atom is 0.198 e. The fourth-order valence-electron chi connectivity index (χ4n) is 4.93. The summed E-state index contributed by atoms with van der Waals surface area (Å²) in [4.78, 5) is 27.3. The molecule has 2 aromatic carbocycles. The zero-order valence-electron chi connectivity index (χ0n) is 21.5. The Hall–Kier alpha value is -2.62. The van der Waals surface area contributed by atoms with Gasteiger partial charge in [0.25, 0.3) is 0 Å². The van der Waals surface area contributed by atoms with E-state index in [1.54, 1.807) is 12.1 Å². The van der Waals surface area contributed by atoms with Crippen molar-refractivity contribution < 1.29 is 9.59 Å². The molecule has 2 aromatic rings. The molecule has 0 fully saturated rings. The van der Waals surface area contributed by atoms with Gasteiger partial charge >= 0.3 is 0 Å². The first-order valence-corrected chi connectivity index (χ1v) is 13.4. The van der Waals surface area contributed by atoms with E-state index in [0.29, 0.717) is 34.1 Å². The Kier molecular flexibility index (Phi) is 9.74. The third-order valence-corrected chi connectivity index (χ3v) is 7.32. The predicted molar refractivity (Wildman–Crippen MR) is 143 cm³/mol. The molecule has 184 valence electrons. The first-order valence-electron chi connectivity index (χ1n) is 13.4. The van der Waals surface area contributed by atoms with Gasteiger partial charge in [-0.3, -0.25) is 9.59 Å². The summed E-state index contributed by atoms with van der Waals surface area (Å²) < 4.78 is 0. The maximum absolute atomic E-state index is 13.8. The van der Waals surface area contributed by atoms with Crippen molar-refractivity contribution >= 4 is 22.9 Å². The molecule has 0 saturated heterocycles. The summed E-state index contributed by atoms with van der Waals surface area (Å²) in [5.41, 5.74) is 3.63. The van der Waals surface area contributed by atoms with Crippen LogP contribution in [0, 0.1) is 11.8 Å². The molecule has 1 aliphatic rings. The zero-order valence-corrected chi connectivity index (χ0v) is 21.5. The molecule has 34 heavy (non-hydrogen) atoms. The Morgan fingerprint density at radius 2 is 1.09 bits per heavy atom. The minimum Gasteiger partial charge on any atom is -0.384 e. The lowest BCUT2D eigenvalue weighted by Gasteiger charge is -2.25. The highest BCUT2D eigenvalue weighted by Gasteiger charge is 2.33. The predicted octanol–water partition coefficient (Wildman–Crippen LogP) is 7.72. The summed E-state index contributed by atoms with van der Waals surface area (Å²) >= 11 is 0. The van der Waals surface area contributed by atoms with Gasteiger partial charge in [0.15, 0.2) is 11.6 Å². The molecule has 0 aromatic heterocycles. The molecule has 2 N–H and O–H groups in total. The van der Waals surface area contributed by atoms with Crippen LogP contribution < -0.4 is 10.6 Å². The number of fused-ring (bicyclic) bond motifs is 2. The molecule has 0 heterocycles. The summed E-state index contributed by atoms with van der Waals surface area (Å²) in [7, 11) is 0. The normalized spacial score (nSPS) is 14.4. The lowest BCUT2D eigenvalue weighted by Crippen LogP contribution is -2.25. The largest absolute Gasteiger partial charge is 0.384 e. The van der Waals surface area contributed by atoms with Gasteiger partial charge in [-0.05, 0) is 36.8 Å². The van der Waals surface area contributed by atoms with E-state index in [1.807, 2.05) is 24.3 Å². The van der Waals surface area contributed by atoms with Gasteiger partial charge < -0.3 is 10.6 Å². The van der Waals surface area contributed by atoms with Crippen molar-refractivity contribution in [2.45, 2.75) is 79.1 Å². The van der Waals surface area contributed by atoms with Crippen molar-refractivity contribution in [3.05, 3.63) is 58.7 Å². The average Bonchev–Trinajstić information content (AvgIpc) is 2.87. The third kappa shape index (κ3) is 5.89. The Labute approximate surface area is 205 Å². The Balaban J connectivity index is 1.87. The van der Waals surface area contributed by atoms with Crippen LogP contribution in [0.15, 0.2) is 36.4 Å². The molecule has 3 rings (SSSR count). The van der Waals surface area contributed by atoms with Crippen LogP contribution in [0.4, 0.5) is 11.4 Å². The minimum absolute atomic E-state index is 0.0565. The highest BCUT2D eigenvalue weighted by Crippen LogP contribution is 2.36. The van der Waals surface area contributed by atoms with Crippen LogP contribution in [-0.2, 0) is 0 Å². The molecular formula is C30H42N2O2. The molecule has 0 aliphatic heterocycles. The average molecular weight is 463 g/mol. The van der Waals surface area contributed by atoms with E-state index >= 15 is 0 Å². The number of unbranched alkanes of at least 4 members (excludes halogenated alkanes) is 2. The quantitative estimate of drug-likeness (QED) is 0.257. The van der Waals surface area contributed by atoms with Gasteiger partial charge in [0.1, 0.15) is 0 Å². The first-order chi connectivity index (χ1) is 16.5. The molecule has 0 saturated carbocycles. The highest BCUT2D eigenvalue weighted by atomic mass is 16.1. The molecule has 0 spiro atoms. The number of anilines is 2. The van der Waals surface area contributed by atoms with Gasteiger partial charge in [-0.25, -0.2) is 0 Å². The van der Waals surface area contributed by atoms with E-state index in [4.69, 9.17) is 0 Å². The number of carbonyl (C=O) groups excluding carboxylic acids is 2. The monoisotopic (exact) mass is 462 g/mol. The first kappa shape index (κ1) is 26.0. The van der Waals surface area contributed by atoms with Crippen LogP contribution in [0.25, 0.3) is 0 Å². The Morgan fingerprint density at radius 3 is 1.47 bits per heavy atom. The molecule has 4 nitrogen and oxygen atoms in total. The van der Waals surface area contributed by atoms with Crippen LogP contribution in [0.3, 0.4) is 0 Å². The molecule has 1 aliphatic carbocycles. The van der Waals surface area contributed by atoms with Crippen molar-refractivity contribution in [2.75, 3.05) is 23.7 Å². The van der Waals surface area contributed by atoms with Gasteiger partial charge in [-0.15, -0.1) is 0 Å². The highest BCUT2D eigenvalue weighted by molar-refractivity contribution is 6.31. The van der Waals surface area contributed by atoms with E-state index in [2.05, 4.69) is 38.3 Å². The van der Waals surface area contributed by atoms with E-state index < -0.39 is 0 Å². The molecule has 0 amide bonds. The fourth-order valence-corrected chi connectivity index (χ4v) is 4.93. The SMILES string of the molecule is CCCCC(CC)CNc1cccc2c1C(=O)c1c(NCC(CC)CCCC)cccc1C2=O. The van der Waals surface area contributed by atoms with Crippen LogP contribution in [0.1, 0.15) is 111 Å². The second-order valence-corrected chi connectivity index (χ2v) is 9.71. The molecule has 2 unspecified atom stereocenters. The van der Waals surface area contributed by atoms with E-state index in [-0.39, 0.29) is 11.6 Å². The topological polar surface area (TPSA) is 58.2 Å². The Morgan fingerprint density at radius 1 is 0.647 bits per heavy atom. The number of hydrogen-bond donors (Lipinski definition) is 2. The number of nitrogens with one attached hydrogen (secondary N) is 2. The van der Waals surface area contributed by atoms with Crippen molar-refractivity contribution in [3.8, 4) is 0 Å². The second kappa shape index (κ2) is 12.7. The number of hydrogen-bond acceptors (Lipinski definition) is 4. The van der Waals surface area contributed by atoms with Crippen molar-refractivity contribution in [1.29, 1.82) is 0 Å². The third-order valence-electron chi connectivity index (χ3n) is 7.32. The Bertz CT molecular complexity index is 906. The van der Waals surface area contributed by atoms with Crippen molar-refractivity contribution in [2.24, 2.45) is 11.8 Å². The van der Waals surface area contributed by atoms with Gasteiger partial charge in [0.2, 0.25) is 0 Å². The molecule has 2 atom stereocenters. The second-order valence-electron chi connectivity index (χ2n) is 9.71. The summed E-state index contributed by atoms with van der Waals surface area (Å²) in [6, 6.07) is 11.2. The number of carbonyl (C=O) groups is 2. The summed E-state index contributed by atoms with van der Waals surface area (Å²) in [6.07, 6.45) is 9.35. The number of rotatable bonds is 14. The zero-order chi connectivity index (χ0) is 24.5.